The van der Waals surface area contributed by atoms with Crippen molar-refractivity contribution >= 4 is 16.8 Å². The van der Waals surface area contributed by atoms with E-state index < -0.39 is 0 Å². The second kappa shape index (κ2) is 9.96. The van der Waals surface area contributed by atoms with Crippen LogP contribution in [0.5, 0.6) is 0 Å². The van der Waals surface area contributed by atoms with E-state index in [0.29, 0.717) is 22.4 Å². The molecule has 1 aromatic heterocycles. The number of hydrogen-bond acceptors (Lipinski definition) is 4. The topological polar surface area (TPSA) is 58.4 Å². The molecule has 6 nitrogen and oxygen atoms in total. The molecule has 3 aliphatic heterocycles. The van der Waals surface area contributed by atoms with E-state index in [2.05, 4.69) is 11.8 Å². The van der Waals surface area contributed by atoms with Gasteiger partial charge >= 0.3 is 0 Å². The van der Waals surface area contributed by atoms with Crippen LogP contribution in [0.25, 0.3) is 10.9 Å². The van der Waals surface area contributed by atoms with Gasteiger partial charge in [0.2, 0.25) is 0 Å². The molecule has 0 spiro atoms. The Morgan fingerprint density at radius 1 is 1.00 bits per heavy atom. The summed E-state index contributed by atoms with van der Waals surface area (Å²) in [5, 5.41) is 0.631. The maximum atomic E-state index is 13.4. The van der Waals surface area contributed by atoms with Gasteiger partial charge in [-0.05, 0) is 81.6 Å². The first-order chi connectivity index (χ1) is 16.1. The quantitative estimate of drug-likeness (QED) is 0.707. The number of nitrogens with zero attached hydrogens (tertiary/aromatic N) is 4. The molecule has 1 aromatic carbocycles. The summed E-state index contributed by atoms with van der Waals surface area (Å²) in [6, 6.07) is 5.51. The lowest BCUT2D eigenvalue weighted by molar-refractivity contribution is 0.0622. The van der Waals surface area contributed by atoms with Crippen molar-refractivity contribution in [2.24, 2.45) is 11.8 Å². The molecule has 2 fully saturated rings. The number of carbonyl (C=O) groups is 1. The standard InChI is InChI=1S/C27H38N4O2/c1-20-11-15-29(16-12-20)18-21-7-6-13-30(19-21)26(32)22-9-10-23-24(17-22)28-25-8-4-2-3-5-14-31(25)27(23)33/h9-10,17,20-21H,2-8,11-16,18-19H2,1H3. The number of amides is 1. The molecule has 1 atom stereocenters. The maximum absolute atomic E-state index is 13.4. The molecule has 4 heterocycles. The first-order valence-electron chi connectivity index (χ1n) is 13.1. The number of likely N-dealkylation sites (tertiary alicyclic amines) is 2. The predicted octanol–water partition coefficient (Wildman–Crippen LogP) is 4.10. The van der Waals surface area contributed by atoms with E-state index in [4.69, 9.17) is 4.98 Å². The first-order valence-corrected chi connectivity index (χ1v) is 13.1. The van der Waals surface area contributed by atoms with Crippen molar-refractivity contribution in [3.63, 3.8) is 0 Å². The van der Waals surface area contributed by atoms with E-state index in [9.17, 15) is 9.59 Å². The molecule has 5 rings (SSSR count). The maximum Gasteiger partial charge on any atom is 0.261 e. The molecule has 0 radical (unpaired) electrons. The SMILES string of the molecule is CC1CCN(CC2CCCN(C(=O)c3ccc4c(=O)n5c(nc4c3)CCCCCC5)C2)CC1. The molecule has 3 aliphatic rings. The van der Waals surface area contributed by atoms with Crippen molar-refractivity contribution < 1.29 is 4.79 Å². The zero-order valence-corrected chi connectivity index (χ0v) is 20.1. The van der Waals surface area contributed by atoms with E-state index in [1.54, 1.807) is 0 Å². The molecule has 0 saturated carbocycles. The van der Waals surface area contributed by atoms with Gasteiger partial charge in [0.15, 0.2) is 0 Å². The van der Waals surface area contributed by atoms with Gasteiger partial charge in [-0.1, -0.05) is 19.8 Å². The monoisotopic (exact) mass is 450 g/mol. The molecule has 0 aliphatic carbocycles. The fourth-order valence-corrected chi connectivity index (χ4v) is 5.92. The van der Waals surface area contributed by atoms with E-state index in [1.807, 2.05) is 27.7 Å². The van der Waals surface area contributed by atoms with Gasteiger partial charge in [-0.25, -0.2) is 4.98 Å². The lowest BCUT2D eigenvalue weighted by atomic mass is 9.94. The average molecular weight is 451 g/mol. The molecule has 0 N–H and O–H groups in total. The zero-order valence-electron chi connectivity index (χ0n) is 20.1. The number of aryl methyl sites for hydroxylation is 1. The molecular weight excluding hydrogens is 412 g/mol. The fraction of sp³-hybridized carbons (Fsp3) is 0.667. The first kappa shape index (κ1) is 22.6. The van der Waals surface area contributed by atoms with E-state index in [-0.39, 0.29) is 11.5 Å². The Morgan fingerprint density at radius 3 is 2.67 bits per heavy atom. The van der Waals surface area contributed by atoms with Crippen LogP contribution < -0.4 is 5.56 Å². The molecule has 178 valence electrons. The highest BCUT2D eigenvalue weighted by Crippen LogP contribution is 2.24. The van der Waals surface area contributed by atoms with E-state index >= 15 is 0 Å². The fourth-order valence-electron chi connectivity index (χ4n) is 5.92. The summed E-state index contributed by atoms with van der Waals surface area (Å²) in [5.74, 6) is 2.37. The normalized spacial score (nSPS) is 23.2. The van der Waals surface area contributed by atoms with Gasteiger partial charge in [0.25, 0.3) is 11.5 Å². The van der Waals surface area contributed by atoms with Crippen LogP contribution in [0.4, 0.5) is 0 Å². The number of aromatic nitrogens is 2. The van der Waals surface area contributed by atoms with Crippen LogP contribution in [-0.2, 0) is 13.0 Å². The smallest absolute Gasteiger partial charge is 0.261 e. The van der Waals surface area contributed by atoms with E-state index in [1.165, 1.54) is 45.2 Å². The largest absolute Gasteiger partial charge is 0.338 e. The molecule has 1 amide bonds. The van der Waals surface area contributed by atoms with E-state index in [0.717, 1.165) is 63.6 Å². The summed E-state index contributed by atoms with van der Waals surface area (Å²) >= 11 is 0. The van der Waals surface area contributed by atoms with Crippen LogP contribution in [0.2, 0.25) is 0 Å². The summed E-state index contributed by atoms with van der Waals surface area (Å²) < 4.78 is 1.86. The van der Waals surface area contributed by atoms with Crippen molar-refractivity contribution in [1.29, 1.82) is 0 Å². The average Bonchev–Trinajstić information content (AvgIpc) is 2.81. The minimum atomic E-state index is 0.0461. The van der Waals surface area contributed by atoms with Crippen LogP contribution in [0, 0.1) is 11.8 Å². The van der Waals surface area contributed by atoms with Gasteiger partial charge in [-0.2, -0.15) is 0 Å². The Morgan fingerprint density at radius 2 is 1.82 bits per heavy atom. The third kappa shape index (κ3) is 5.01. The molecular formula is C27H38N4O2. The highest BCUT2D eigenvalue weighted by atomic mass is 16.2. The van der Waals surface area contributed by atoms with Crippen LogP contribution in [-0.4, -0.2) is 58.0 Å². The number of hydrogen-bond donors (Lipinski definition) is 0. The molecule has 2 aromatic rings. The predicted molar refractivity (Wildman–Crippen MR) is 132 cm³/mol. The van der Waals surface area contributed by atoms with Crippen LogP contribution in [0.15, 0.2) is 23.0 Å². The van der Waals surface area contributed by atoms with Crippen molar-refractivity contribution in [2.75, 3.05) is 32.7 Å². The third-order valence-corrected chi connectivity index (χ3v) is 8.01. The molecule has 1 unspecified atom stereocenters. The molecule has 6 heteroatoms. The van der Waals surface area contributed by atoms with Gasteiger partial charge < -0.3 is 9.80 Å². The van der Waals surface area contributed by atoms with Gasteiger partial charge in [0, 0.05) is 38.2 Å². The van der Waals surface area contributed by atoms with Crippen molar-refractivity contribution in [3.05, 3.63) is 39.9 Å². The Hall–Kier alpha value is -2.21. The van der Waals surface area contributed by atoms with Gasteiger partial charge in [0.05, 0.1) is 10.9 Å². The summed E-state index contributed by atoms with van der Waals surface area (Å²) in [7, 11) is 0. The van der Waals surface area contributed by atoms with Gasteiger partial charge in [-0.3, -0.25) is 14.2 Å². The van der Waals surface area contributed by atoms with Gasteiger partial charge in [-0.15, -0.1) is 0 Å². The summed E-state index contributed by atoms with van der Waals surface area (Å²) in [4.78, 5) is 36.0. The lowest BCUT2D eigenvalue weighted by Gasteiger charge is -2.38. The number of rotatable bonds is 3. The minimum Gasteiger partial charge on any atom is -0.338 e. The number of piperidine rings is 2. The molecule has 33 heavy (non-hydrogen) atoms. The Bertz CT molecular complexity index is 1050. The van der Waals surface area contributed by atoms with Crippen molar-refractivity contribution in [2.45, 2.75) is 71.3 Å². The number of benzene rings is 1. The lowest BCUT2D eigenvalue weighted by Crippen LogP contribution is -2.45. The summed E-state index contributed by atoms with van der Waals surface area (Å²) in [5.41, 5.74) is 1.39. The van der Waals surface area contributed by atoms with Gasteiger partial charge in [0.1, 0.15) is 5.82 Å². The Kier molecular flexibility index (Phi) is 6.81. The molecule has 2 saturated heterocycles. The van der Waals surface area contributed by atoms with Crippen molar-refractivity contribution in [3.8, 4) is 0 Å². The zero-order chi connectivity index (χ0) is 22.8. The third-order valence-electron chi connectivity index (χ3n) is 8.01. The highest BCUT2D eigenvalue weighted by Gasteiger charge is 2.27. The second-order valence-corrected chi connectivity index (χ2v) is 10.6. The van der Waals surface area contributed by atoms with Crippen LogP contribution in [0.1, 0.15) is 74.5 Å². The second-order valence-electron chi connectivity index (χ2n) is 10.6. The minimum absolute atomic E-state index is 0.0461. The number of fused-ring (bicyclic) bond motifs is 2. The number of carbonyl (C=O) groups excluding carboxylic acids is 1. The summed E-state index contributed by atoms with van der Waals surface area (Å²) in [6.07, 6.45) is 10.2. The van der Waals surface area contributed by atoms with Crippen molar-refractivity contribution in [1.82, 2.24) is 19.4 Å². The highest BCUT2D eigenvalue weighted by molar-refractivity contribution is 5.97. The Labute approximate surface area is 197 Å². The molecule has 0 bridgehead atoms. The van der Waals surface area contributed by atoms with Crippen LogP contribution in [0.3, 0.4) is 0 Å². The Balaban J connectivity index is 1.32. The van der Waals surface area contributed by atoms with Crippen LogP contribution >= 0.6 is 0 Å². The summed E-state index contributed by atoms with van der Waals surface area (Å²) in [6.45, 7) is 8.27.